The van der Waals surface area contributed by atoms with Gasteiger partial charge in [-0.15, -0.1) is 0 Å². The van der Waals surface area contributed by atoms with Crippen molar-refractivity contribution >= 4 is 5.97 Å². The minimum Gasteiger partial charge on any atom is -0.426 e. The molecule has 3 rings (SSSR count). The largest absolute Gasteiger partial charge is 0.426 e. The van der Waals surface area contributed by atoms with Gasteiger partial charge in [0, 0.05) is 0 Å². The van der Waals surface area contributed by atoms with Gasteiger partial charge in [0.25, 0.3) is 0 Å². The molecule has 1 aromatic rings. The standard InChI is InChI=1S/C17H21FO5/c18-13-3-7-15(8-4-13)23-17(19)12-1-5-14(6-2-12)22-11-20-9-16-10-21-16/h3-4,7-8,12,14,16H,1-2,5-6,9-11H2. The molecule has 1 aromatic carbocycles. The number of ether oxygens (including phenoxy) is 4. The number of benzene rings is 1. The zero-order valence-corrected chi connectivity index (χ0v) is 12.9. The highest BCUT2D eigenvalue weighted by Gasteiger charge is 2.28. The Morgan fingerprint density at radius 1 is 1.17 bits per heavy atom. The SMILES string of the molecule is O=C(Oc1ccc(F)cc1)C1CCC(OCOCC2CO2)CC1. The fourth-order valence-corrected chi connectivity index (χ4v) is 2.66. The third-order valence-corrected chi connectivity index (χ3v) is 4.13. The van der Waals surface area contributed by atoms with Gasteiger partial charge in [0.1, 0.15) is 24.5 Å². The summed E-state index contributed by atoms with van der Waals surface area (Å²) in [6, 6.07) is 5.48. The first kappa shape index (κ1) is 16.4. The van der Waals surface area contributed by atoms with Crippen molar-refractivity contribution in [1.82, 2.24) is 0 Å². The molecule has 0 N–H and O–H groups in total. The van der Waals surface area contributed by atoms with Crippen molar-refractivity contribution in [2.75, 3.05) is 20.0 Å². The predicted octanol–water partition coefficient (Wildman–Crippen LogP) is 2.68. The Morgan fingerprint density at radius 2 is 1.87 bits per heavy atom. The van der Waals surface area contributed by atoms with Gasteiger partial charge in [0.2, 0.25) is 0 Å². The molecule has 1 unspecified atom stereocenters. The van der Waals surface area contributed by atoms with Gasteiger partial charge in [0.05, 0.1) is 25.2 Å². The second-order valence-corrected chi connectivity index (χ2v) is 5.96. The number of carbonyl (C=O) groups excluding carboxylic acids is 1. The van der Waals surface area contributed by atoms with Crippen LogP contribution in [0.25, 0.3) is 0 Å². The molecule has 23 heavy (non-hydrogen) atoms. The Balaban J connectivity index is 1.34. The highest BCUT2D eigenvalue weighted by Crippen LogP contribution is 2.28. The van der Waals surface area contributed by atoms with Crippen LogP contribution in [-0.2, 0) is 19.0 Å². The van der Waals surface area contributed by atoms with Gasteiger partial charge in [-0.05, 0) is 49.9 Å². The van der Waals surface area contributed by atoms with E-state index in [-0.39, 0.29) is 36.7 Å². The molecular formula is C17H21FO5. The highest BCUT2D eigenvalue weighted by atomic mass is 19.1. The van der Waals surface area contributed by atoms with Crippen LogP contribution >= 0.6 is 0 Å². The molecule has 0 aromatic heterocycles. The topological polar surface area (TPSA) is 57.3 Å². The van der Waals surface area contributed by atoms with Crippen molar-refractivity contribution in [3.8, 4) is 5.75 Å². The maximum atomic E-state index is 12.8. The molecule has 1 atom stereocenters. The van der Waals surface area contributed by atoms with E-state index in [2.05, 4.69) is 0 Å². The van der Waals surface area contributed by atoms with Crippen molar-refractivity contribution in [2.24, 2.45) is 5.92 Å². The normalized spacial score (nSPS) is 26.7. The minimum absolute atomic E-state index is 0.124. The number of hydrogen-bond acceptors (Lipinski definition) is 5. The van der Waals surface area contributed by atoms with Crippen LogP contribution in [0.2, 0.25) is 0 Å². The molecule has 2 aliphatic rings. The Labute approximate surface area is 134 Å². The zero-order valence-electron chi connectivity index (χ0n) is 12.9. The van der Waals surface area contributed by atoms with E-state index in [1.54, 1.807) is 0 Å². The molecule has 2 fully saturated rings. The lowest BCUT2D eigenvalue weighted by atomic mass is 9.87. The van der Waals surface area contributed by atoms with E-state index >= 15 is 0 Å². The Morgan fingerprint density at radius 3 is 2.52 bits per heavy atom. The van der Waals surface area contributed by atoms with Crippen LogP contribution in [0.4, 0.5) is 4.39 Å². The summed E-state index contributed by atoms with van der Waals surface area (Å²) in [7, 11) is 0. The highest BCUT2D eigenvalue weighted by molar-refractivity contribution is 5.75. The van der Waals surface area contributed by atoms with Gasteiger partial charge >= 0.3 is 5.97 Å². The van der Waals surface area contributed by atoms with Crippen LogP contribution < -0.4 is 4.74 Å². The lowest BCUT2D eigenvalue weighted by molar-refractivity contribution is -0.143. The third-order valence-electron chi connectivity index (χ3n) is 4.13. The number of esters is 1. The number of rotatable bonds is 7. The first-order chi connectivity index (χ1) is 11.2. The molecule has 1 aliphatic carbocycles. The van der Waals surface area contributed by atoms with Gasteiger partial charge in [0.15, 0.2) is 0 Å². The molecule has 1 aliphatic heterocycles. The first-order valence-electron chi connectivity index (χ1n) is 7.99. The van der Waals surface area contributed by atoms with E-state index in [0.717, 1.165) is 32.3 Å². The van der Waals surface area contributed by atoms with E-state index in [4.69, 9.17) is 18.9 Å². The monoisotopic (exact) mass is 324 g/mol. The Kier molecular flexibility index (Phi) is 5.59. The molecule has 6 heteroatoms. The molecule has 0 radical (unpaired) electrons. The predicted molar refractivity (Wildman–Crippen MR) is 79.4 cm³/mol. The second-order valence-electron chi connectivity index (χ2n) is 5.96. The number of carbonyl (C=O) groups is 1. The van der Waals surface area contributed by atoms with Crippen LogP contribution in [0.5, 0.6) is 5.75 Å². The van der Waals surface area contributed by atoms with E-state index < -0.39 is 0 Å². The van der Waals surface area contributed by atoms with E-state index in [9.17, 15) is 9.18 Å². The van der Waals surface area contributed by atoms with Crippen LogP contribution in [-0.4, -0.2) is 38.2 Å². The summed E-state index contributed by atoms with van der Waals surface area (Å²) in [6.45, 7) is 1.63. The fourth-order valence-electron chi connectivity index (χ4n) is 2.66. The summed E-state index contributed by atoms with van der Waals surface area (Å²) >= 11 is 0. The molecule has 0 bridgehead atoms. The van der Waals surface area contributed by atoms with Gasteiger partial charge in [-0.1, -0.05) is 0 Å². The summed E-state index contributed by atoms with van der Waals surface area (Å²) in [5, 5.41) is 0. The molecule has 1 heterocycles. The summed E-state index contributed by atoms with van der Waals surface area (Å²) in [6.07, 6.45) is 3.46. The van der Waals surface area contributed by atoms with Crippen LogP contribution in [0.15, 0.2) is 24.3 Å². The van der Waals surface area contributed by atoms with E-state index in [1.807, 2.05) is 0 Å². The summed E-state index contributed by atoms with van der Waals surface area (Å²) in [4.78, 5) is 12.1. The second kappa shape index (κ2) is 7.86. The molecule has 5 nitrogen and oxygen atoms in total. The van der Waals surface area contributed by atoms with Gasteiger partial charge in [-0.25, -0.2) is 4.39 Å². The Hall–Kier alpha value is -1.50. The summed E-state index contributed by atoms with van der Waals surface area (Å²) < 4.78 is 34.2. The average molecular weight is 324 g/mol. The molecule has 126 valence electrons. The smallest absolute Gasteiger partial charge is 0.314 e. The summed E-state index contributed by atoms with van der Waals surface area (Å²) in [5.41, 5.74) is 0. The van der Waals surface area contributed by atoms with Crippen molar-refractivity contribution in [3.63, 3.8) is 0 Å². The number of epoxide rings is 1. The molecular weight excluding hydrogens is 303 g/mol. The Bertz CT molecular complexity index is 506. The lowest BCUT2D eigenvalue weighted by Crippen LogP contribution is -2.29. The van der Waals surface area contributed by atoms with Crippen molar-refractivity contribution in [3.05, 3.63) is 30.1 Å². The van der Waals surface area contributed by atoms with Crippen molar-refractivity contribution in [2.45, 2.75) is 37.9 Å². The number of hydrogen-bond donors (Lipinski definition) is 0. The summed E-state index contributed by atoms with van der Waals surface area (Å²) in [5.74, 6) is -0.346. The fraction of sp³-hybridized carbons (Fsp3) is 0.588. The van der Waals surface area contributed by atoms with Crippen molar-refractivity contribution in [1.29, 1.82) is 0 Å². The van der Waals surface area contributed by atoms with Gasteiger partial charge in [-0.3, -0.25) is 4.79 Å². The minimum atomic E-state index is -0.349. The number of halogens is 1. The van der Waals surface area contributed by atoms with Crippen LogP contribution in [0.3, 0.4) is 0 Å². The maximum absolute atomic E-state index is 12.8. The van der Waals surface area contributed by atoms with E-state index in [0.29, 0.717) is 12.4 Å². The van der Waals surface area contributed by atoms with Crippen LogP contribution in [0.1, 0.15) is 25.7 Å². The van der Waals surface area contributed by atoms with Gasteiger partial charge in [-0.2, -0.15) is 0 Å². The lowest BCUT2D eigenvalue weighted by Gasteiger charge is -2.27. The van der Waals surface area contributed by atoms with Crippen molar-refractivity contribution < 1.29 is 28.1 Å². The van der Waals surface area contributed by atoms with Crippen LogP contribution in [0, 0.1) is 11.7 Å². The maximum Gasteiger partial charge on any atom is 0.314 e. The average Bonchev–Trinajstić information content (AvgIpc) is 3.39. The molecule has 0 spiro atoms. The van der Waals surface area contributed by atoms with Gasteiger partial charge < -0.3 is 18.9 Å². The first-order valence-corrected chi connectivity index (χ1v) is 7.99. The molecule has 1 saturated carbocycles. The molecule has 1 saturated heterocycles. The quantitative estimate of drug-likeness (QED) is 0.254. The zero-order chi connectivity index (χ0) is 16.1. The third kappa shape index (κ3) is 5.27. The molecule has 0 amide bonds. The van der Waals surface area contributed by atoms with E-state index in [1.165, 1.54) is 24.3 Å².